The van der Waals surface area contributed by atoms with Gasteiger partial charge >= 0.3 is 0 Å². The van der Waals surface area contributed by atoms with E-state index in [1.165, 1.54) is 117 Å². The molecule has 324 valence electrons. The minimum absolute atomic E-state index is 0.464. The van der Waals surface area contributed by atoms with Crippen molar-refractivity contribution in [2.24, 2.45) is 0 Å². The molecule has 0 fully saturated rings. The van der Waals surface area contributed by atoms with Crippen LogP contribution < -0.4 is 4.90 Å². The first kappa shape index (κ1) is 38.0. The lowest BCUT2D eigenvalue weighted by Gasteiger charge is -2.39. The lowest BCUT2D eigenvalue weighted by atomic mass is 9.65. The van der Waals surface area contributed by atoms with Gasteiger partial charge in [-0.05, 0) is 126 Å². The molecular weight excluding hydrogens is 845 g/mol. The second kappa shape index (κ2) is 13.8. The van der Waals surface area contributed by atoms with E-state index in [-0.39, 0.29) is 0 Å². The van der Waals surface area contributed by atoms with Crippen molar-refractivity contribution in [3.05, 3.63) is 299 Å². The molecule has 2 spiro atoms. The van der Waals surface area contributed by atoms with E-state index in [4.69, 9.17) is 0 Å². The van der Waals surface area contributed by atoms with Crippen LogP contribution in [0.2, 0.25) is 0 Å². The molecular formula is C68H42N2. The van der Waals surface area contributed by atoms with Crippen LogP contribution in [0.1, 0.15) is 44.5 Å². The molecule has 0 saturated carbocycles. The Kier molecular flexibility index (Phi) is 7.51. The van der Waals surface area contributed by atoms with Gasteiger partial charge in [-0.15, -0.1) is 0 Å². The summed E-state index contributed by atoms with van der Waals surface area (Å²) in [6.07, 6.45) is 0. The average Bonchev–Trinajstić information content (AvgIpc) is 4.13. The minimum Gasteiger partial charge on any atom is -0.310 e. The van der Waals surface area contributed by atoms with Crippen LogP contribution in [-0.4, -0.2) is 4.57 Å². The molecule has 2 heterocycles. The number of para-hydroxylation sites is 3. The highest BCUT2D eigenvalue weighted by Crippen LogP contribution is 2.66. The van der Waals surface area contributed by atoms with Gasteiger partial charge in [-0.3, -0.25) is 0 Å². The number of anilines is 3. The van der Waals surface area contributed by atoms with E-state index < -0.39 is 10.8 Å². The molecule has 0 amide bonds. The van der Waals surface area contributed by atoms with Crippen molar-refractivity contribution in [2.75, 3.05) is 4.90 Å². The van der Waals surface area contributed by atoms with Crippen LogP contribution in [0.5, 0.6) is 0 Å². The van der Waals surface area contributed by atoms with Gasteiger partial charge in [-0.2, -0.15) is 0 Å². The van der Waals surface area contributed by atoms with Gasteiger partial charge in [0.1, 0.15) is 0 Å². The van der Waals surface area contributed by atoms with Crippen LogP contribution in [-0.2, 0) is 10.8 Å². The van der Waals surface area contributed by atoms with Crippen molar-refractivity contribution in [1.82, 2.24) is 4.57 Å². The Morgan fingerprint density at radius 3 is 1.56 bits per heavy atom. The highest BCUT2D eigenvalue weighted by Gasteiger charge is 2.53. The maximum absolute atomic E-state index is 2.55. The molecule has 11 aromatic carbocycles. The third kappa shape index (κ3) is 4.59. The Morgan fingerprint density at radius 1 is 0.300 bits per heavy atom. The van der Waals surface area contributed by atoms with Gasteiger partial charge in [-0.1, -0.05) is 212 Å². The summed E-state index contributed by atoms with van der Waals surface area (Å²) in [5.41, 5.74) is 26.8. The van der Waals surface area contributed by atoms with E-state index >= 15 is 0 Å². The predicted molar refractivity (Wildman–Crippen MR) is 288 cm³/mol. The van der Waals surface area contributed by atoms with Crippen LogP contribution in [0.25, 0.3) is 72.0 Å². The molecule has 1 unspecified atom stereocenters. The Morgan fingerprint density at radius 2 is 0.800 bits per heavy atom. The first-order valence-corrected chi connectivity index (χ1v) is 24.5. The highest BCUT2D eigenvalue weighted by atomic mass is 15.1. The molecule has 1 atom stereocenters. The maximum atomic E-state index is 2.55. The summed E-state index contributed by atoms with van der Waals surface area (Å²) in [7, 11) is 0. The van der Waals surface area contributed by atoms with Crippen LogP contribution in [0.15, 0.2) is 255 Å². The fourth-order valence-corrected chi connectivity index (χ4v) is 13.9. The number of hydrogen-bond donors (Lipinski definition) is 0. The summed E-state index contributed by atoms with van der Waals surface area (Å²) < 4.78 is 2.53. The monoisotopic (exact) mass is 886 g/mol. The van der Waals surface area contributed by atoms with Gasteiger partial charge in [-0.25, -0.2) is 0 Å². The fraction of sp³-hybridized carbons (Fsp3) is 0.0294. The van der Waals surface area contributed by atoms with E-state index in [0.29, 0.717) is 0 Å². The third-order valence-electron chi connectivity index (χ3n) is 16.4. The largest absolute Gasteiger partial charge is 0.310 e. The minimum atomic E-state index is -0.536. The topological polar surface area (TPSA) is 8.17 Å². The quantitative estimate of drug-likeness (QED) is 0.171. The molecule has 12 aromatic rings. The third-order valence-corrected chi connectivity index (χ3v) is 16.4. The van der Waals surface area contributed by atoms with Gasteiger partial charge in [0.2, 0.25) is 0 Å². The molecule has 70 heavy (non-hydrogen) atoms. The Bertz CT molecular complexity index is 4170. The van der Waals surface area contributed by atoms with Crippen LogP contribution >= 0.6 is 0 Å². The number of fused-ring (bicyclic) bond motifs is 22. The van der Waals surface area contributed by atoms with E-state index in [0.717, 1.165) is 17.1 Å². The summed E-state index contributed by atoms with van der Waals surface area (Å²) in [5.74, 6) is 0. The molecule has 2 heteroatoms. The van der Waals surface area contributed by atoms with E-state index in [9.17, 15) is 0 Å². The van der Waals surface area contributed by atoms with Crippen molar-refractivity contribution < 1.29 is 0 Å². The van der Waals surface area contributed by atoms with Crippen molar-refractivity contribution in [3.8, 4) is 50.2 Å². The number of hydrogen-bond acceptors (Lipinski definition) is 1. The normalized spacial score (nSPS) is 15.6. The lowest BCUT2D eigenvalue weighted by Crippen LogP contribution is -2.33. The molecule has 1 aliphatic heterocycles. The molecule has 3 aliphatic carbocycles. The molecule has 0 bridgehead atoms. The zero-order valence-corrected chi connectivity index (χ0v) is 38.1. The first-order chi connectivity index (χ1) is 34.8. The molecule has 0 radical (unpaired) electrons. The average molecular weight is 887 g/mol. The molecule has 4 aliphatic rings. The fourth-order valence-electron chi connectivity index (χ4n) is 13.9. The van der Waals surface area contributed by atoms with Crippen molar-refractivity contribution >= 4 is 38.9 Å². The summed E-state index contributed by atoms with van der Waals surface area (Å²) in [4.78, 5) is 2.55. The van der Waals surface area contributed by atoms with Gasteiger partial charge in [0, 0.05) is 27.7 Å². The molecule has 0 saturated heterocycles. The van der Waals surface area contributed by atoms with Gasteiger partial charge in [0.05, 0.1) is 33.2 Å². The highest BCUT2D eigenvalue weighted by molar-refractivity contribution is 6.13. The molecule has 16 rings (SSSR count). The Balaban J connectivity index is 0.987. The summed E-state index contributed by atoms with van der Waals surface area (Å²) in [5, 5.41) is 2.57. The van der Waals surface area contributed by atoms with E-state index in [1.54, 1.807) is 0 Å². The second-order valence-corrected chi connectivity index (χ2v) is 19.4. The molecule has 2 nitrogen and oxygen atoms in total. The Labute approximate surface area is 406 Å². The van der Waals surface area contributed by atoms with Crippen molar-refractivity contribution in [3.63, 3.8) is 0 Å². The van der Waals surface area contributed by atoms with Gasteiger partial charge in [0.25, 0.3) is 0 Å². The van der Waals surface area contributed by atoms with Gasteiger partial charge < -0.3 is 9.47 Å². The standard InChI is InChI=1S/C68H42N2/c1-2-19-43(20-3-1)44-21-16-22-45(41-44)69(64-38-18-34-60-65(64)52-27-7-12-32-57(52)67(60)54-29-9-4-23-47(54)48-24-5-10-30-55(48)67)46-39-40-58-53(42-46)49-25-6-11-31-56(49)68(58)59-33-13-15-37-63(59)70-62-36-14-8-26-50(62)51-28-17-35-61(68)66(51)70/h1-42H. The SMILES string of the molecule is c1ccc(-c2cccc(N(c3ccc4c(c3)-c3ccccc3C43c4ccccc4-n4c5ccccc5c5cccc3c54)c3cccc4c3-c3ccccc3C43c4ccccc4-c4ccccc43)c2)cc1. The lowest BCUT2D eigenvalue weighted by molar-refractivity contribution is 0.748. The molecule has 1 aromatic heterocycles. The van der Waals surface area contributed by atoms with Crippen molar-refractivity contribution in [2.45, 2.75) is 10.8 Å². The van der Waals surface area contributed by atoms with Crippen molar-refractivity contribution in [1.29, 1.82) is 0 Å². The van der Waals surface area contributed by atoms with Crippen LogP contribution in [0.3, 0.4) is 0 Å². The van der Waals surface area contributed by atoms with Crippen LogP contribution in [0, 0.1) is 0 Å². The Hall–Kier alpha value is -8.98. The molecule has 0 N–H and O–H groups in total. The second-order valence-electron chi connectivity index (χ2n) is 19.4. The number of rotatable bonds is 4. The summed E-state index contributed by atoms with van der Waals surface area (Å²) in [6.45, 7) is 0. The number of nitrogens with zero attached hydrogens (tertiary/aromatic N) is 2. The van der Waals surface area contributed by atoms with Crippen LogP contribution in [0.4, 0.5) is 17.1 Å². The van der Waals surface area contributed by atoms with E-state index in [1.807, 2.05) is 0 Å². The number of benzene rings is 11. The number of aromatic nitrogens is 1. The zero-order chi connectivity index (χ0) is 45.7. The maximum Gasteiger partial charge on any atom is 0.0754 e. The summed E-state index contributed by atoms with van der Waals surface area (Å²) in [6, 6.07) is 96.0. The summed E-state index contributed by atoms with van der Waals surface area (Å²) >= 11 is 0. The first-order valence-electron chi connectivity index (χ1n) is 24.5. The predicted octanol–water partition coefficient (Wildman–Crippen LogP) is 16.9. The van der Waals surface area contributed by atoms with E-state index in [2.05, 4.69) is 264 Å². The van der Waals surface area contributed by atoms with Gasteiger partial charge in [0.15, 0.2) is 0 Å². The smallest absolute Gasteiger partial charge is 0.0754 e. The zero-order valence-electron chi connectivity index (χ0n) is 38.1.